The van der Waals surface area contributed by atoms with Crippen LogP contribution in [0.4, 0.5) is 0 Å². The van der Waals surface area contributed by atoms with Crippen LogP contribution in [0.25, 0.3) is 0 Å². The number of esters is 1. The molecule has 2 heterocycles. The normalized spacial score (nSPS) is 15.0. The summed E-state index contributed by atoms with van der Waals surface area (Å²) in [5.41, 5.74) is 0. The number of hydrogen-bond acceptors (Lipinski definition) is 8. The maximum atomic E-state index is 12.6. The molecule has 1 fully saturated rings. The first-order valence-electron chi connectivity index (χ1n) is 9.48. The van der Waals surface area contributed by atoms with Gasteiger partial charge in [0.2, 0.25) is 10.0 Å². The molecule has 1 aromatic rings. The van der Waals surface area contributed by atoms with Crippen molar-refractivity contribution in [2.45, 2.75) is 30.6 Å². The Morgan fingerprint density at radius 2 is 1.83 bits per heavy atom. The molecule has 0 bridgehead atoms. The fourth-order valence-electron chi connectivity index (χ4n) is 3.05. The van der Waals surface area contributed by atoms with Gasteiger partial charge < -0.3 is 9.64 Å². The number of pyridine rings is 1. The number of amides is 1. The number of nitriles is 2. The zero-order valence-corrected chi connectivity index (χ0v) is 17.3. The Hall–Kier alpha value is -3.02. The van der Waals surface area contributed by atoms with E-state index in [1.807, 2.05) is 12.1 Å². The van der Waals surface area contributed by atoms with Gasteiger partial charge in [-0.3, -0.25) is 14.6 Å². The maximum Gasteiger partial charge on any atom is 0.309 e. The molecule has 1 aliphatic rings. The third-order valence-electron chi connectivity index (χ3n) is 4.74. The van der Waals surface area contributed by atoms with Gasteiger partial charge in [-0.1, -0.05) is 0 Å². The lowest BCUT2D eigenvalue weighted by atomic mass is 9.98. The predicted molar refractivity (Wildman–Crippen MR) is 104 cm³/mol. The summed E-state index contributed by atoms with van der Waals surface area (Å²) >= 11 is 0. The van der Waals surface area contributed by atoms with Gasteiger partial charge in [0.15, 0.2) is 6.61 Å². The highest BCUT2D eigenvalue weighted by atomic mass is 32.2. The Labute approximate surface area is 175 Å². The van der Waals surface area contributed by atoms with E-state index in [9.17, 15) is 18.0 Å². The van der Waals surface area contributed by atoms with E-state index >= 15 is 0 Å². The molecule has 0 N–H and O–H groups in total. The predicted octanol–water partition coefficient (Wildman–Crippen LogP) is 0.681. The molecule has 0 radical (unpaired) electrons. The third-order valence-corrected chi connectivity index (χ3v) is 6.62. The van der Waals surface area contributed by atoms with Gasteiger partial charge in [0.1, 0.15) is 4.90 Å². The quantitative estimate of drug-likeness (QED) is 0.517. The van der Waals surface area contributed by atoms with Crippen LogP contribution in [-0.2, 0) is 24.3 Å². The first-order chi connectivity index (χ1) is 14.4. The molecule has 0 aliphatic carbocycles. The molecule has 0 saturated carbocycles. The Balaban J connectivity index is 1.84. The molecule has 0 aromatic carbocycles. The van der Waals surface area contributed by atoms with E-state index in [0.29, 0.717) is 12.8 Å². The van der Waals surface area contributed by atoms with E-state index in [1.165, 1.54) is 27.7 Å². The second-order valence-corrected chi connectivity index (χ2v) is 8.61. The minimum atomic E-state index is -3.66. The number of carbonyl (C=O) groups is 2. The second kappa shape index (κ2) is 11.2. The molecule has 30 heavy (non-hydrogen) atoms. The van der Waals surface area contributed by atoms with Gasteiger partial charge in [0.05, 0.1) is 30.9 Å². The fraction of sp³-hybridized carbons (Fsp3) is 0.526. The number of hydrogen-bond donors (Lipinski definition) is 0. The van der Waals surface area contributed by atoms with E-state index < -0.39 is 34.4 Å². The van der Waals surface area contributed by atoms with Crippen LogP contribution < -0.4 is 0 Å². The summed E-state index contributed by atoms with van der Waals surface area (Å²) in [4.78, 5) is 29.8. The maximum absolute atomic E-state index is 12.6. The van der Waals surface area contributed by atoms with Gasteiger partial charge in [0.25, 0.3) is 5.91 Å². The number of piperidine rings is 1. The molecule has 1 amide bonds. The summed E-state index contributed by atoms with van der Waals surface area (Å²) in [5, 5.41) is 17.3. The van der Waals surface area contributed by atoms with Gasteiger partial charge in [-0.25, -0.2) is 8.42 Å². The number of carbonyl (C=O) groups excluding carboxylic acids is 2. The van der Waals surface area contributed by atoms with Gasteiger partial charge in [-0.05, 0) is 25.0 Å². The highest BCUT2D eigenvalue weighted by Crippen LogP contribution is 2.24. The highest BCUT2D eigenvalue weighted by molar-refractivity contribution is 7.89. The van der Waals surface area contributed by atoms with E-state index in [2.05, 4.69) is 4.98 Å². The lowest BCUT2D eigenvalue weighted by Crippen LogP contribution is -2.41. The van der Waals surface area contributed by atoms with Gasteiger partial charge in [-0.15, -0.1) is 0 Å². The molecule has 0 atom stereocenters. The SMILES string of the molecule is N#CCCN(CCC#N)C(=O)COC(=O)C1CCN(S(=O)(=O)c2cccnc2)CC1. The zero-order valence-electron chi connectivity index (χ0n) is 16.4. The van der Waals surface area contributed by atoms with Crippen LogP contribution in [0.15, 0.2) is 29.4 Å². The number of ether oxygens (including phenoxy) is 1. The summed E-state index contributed by atoms with van der Waals surface area (Å²) in [5.74, 6) is -1.52. The minimum absolute atomic E-state index is 0.103. The summed E-state index contributed by atoms with van der Waals surface area (Å²) in [6.07, 6.45) is 3.60. The monoisotopic (exact) mass is 433 g/mol. The van der Waals surface area contributed by atoms with Gasteiger partial charge >= 0.3 is 5.97 Å². The average molecular weight is 433 g/mol. The minimum Gasteiger partial charge on any atom is -0.455 e. The van der Waals surface area contributed by atoms with Gasteiger partial charge in [-0.2, -0.15) is 14.8 Å². The van der Waals surface area contributed by atoms with Crippen molar-refractivity contribution in [2.24, 2.45) is 5.92 Å². The zero-order chi connectivity index (χ0) is 22.0. The van der Waals surface area contributed by atoms with Crippen molar-refractivity contribution in [2.75, 3.05) is 32.8 Å². The lowest BCUT2D eigenvalue weighted by Gasteiger charge is -2.30. The Bertz CT molecular complexity index is 897. The Morgan fingerprint density at radius 3 is 2.37 bits per heavy atom. The molecule has 1 aromatic heterocycles. The summed E-state index contributed by atoms with van der Waals surface area (Å²) in [6, 6.07) is 6.88. The van der Waals surface area contributed by atoms with Crippen molar-refractivity contribution in [3.63, 3.8) is 0 Å². The Morgan fingerprint density at radius 1 is 1.20 bits per heavy atom. The Kier molecular flexibility index (Phi) is 8.71. The van der Waals surface area contributed by atoms with Crippen LogP contribution in [0, 0.1) is 28.6 Å². The second-order valence-electron chi connectivity index (χ2n) is 6.67. The standard InChI is InChI=1S/C19H23N5O5S/c20-7-2-10-23(11-3-8-21)18(25)15-29-19(26)16-5-12-24(13-6-16)30(27,28)17-4-1-9-22-14-17/h1,4,9,14,16H,2-3,5-6,10-13,15H2. The smallest absolute Gasteiger partial charge is 0.309 e. The summed E-state index contributed by atoms with van der Waals surface area (Å²) in [6.45, 7) is 0.199. The van der Waals surface area contributed by atoms with Crippen molar-refractivity contribution in [3.8, 4) is 12.1 Å². The number of rotatable bonds is 9. The third kappa shape index (κ3) is 6.24. The molecule has 1 aliphatic heterocycles. The first-order valence-corrected chi connectivity index (χ1v) is 10.9. The first kappa shape index (κ1) is 23.3. The van der Waals surface area contributed by atoms with Crippen molar-refractivity contribution in [1.29, 1.82) is 10.5 Å². The molecule has 0 unspecified atom stereocenters. The fourth-order valence-corrected chi connectivity index (χ4v) is 4.49. The molecule has 1 saturated heterocycles. The van der Waals surface area contributed by atoms with Crippen molar-refractivity contribution in [3.05, 3.63) is 24.5 Å². The molecule has 11 heteroatoms. The van der Waals surface area contributed by atoms with Crippen molar-refractivity contribution in [1.82, 2.24) is 14.2 Å². The summed E-state index contributed by atoms with van der Waals surface area (Å²) in [7, 11) is -3.66. The van der Waals surface area contributed by atoms with Crippen LogP contribution in [0.3, 0.4) is 0 Å². The van der Waals surface area contributed by atoms with Crippen molar-refractivity contribution >= 4 is 21.9 Å². The number of aromatic nitrogens is 1. The molecular weight excluding hydrogens is 410 g/mol. The molecule has 10 nitrogen and oxygen atoms in total. The average Bonchev–Trinajstić information content (AvgIpc) is 2.78. The topological polar surface area (TPSA) is 144 Å². The van der Waals surface area contributed by atoms with Crippen LogP contribution in [0.5, 0.6) is 0 Å². The van der Waals surface area contributed by atoms with Gasteiger partial charge in [0, 0.05) is 38.6 Å². The summed E-state index contributed by atoms with van der Waals surface area (Å²) < 4.78 is 31.6. The molecule has 0 spiro atoms. The van der Waals surface area contributed by atoms with Crippen molar-refractivity contribution < 1.29 is 22.7 Å². The largest absolute Gasteiger partial charge is 0.455 e. The van der Waals surface area contributed by atoms with Crippen LogP contribution in [0.2, 0.25) is 0 Å². The lowest BCUT2D eigenvalue weighted by molar-refractivity contribution is -0.156. The van der Waals surface area contributed by atoms with E-state index in [-0.39, 0.29) is 43.9 Å². The molecular formula is C19H23N5O5S. The van der Waals surface area contributed by atoms with Crippen LogP contribution in [0.1, 0.15) is 25.7 Å². The van der Waals surface area contributed by atoms with E-state index in [1.54, 1.807) is 6.07 Å². The number of sulfonamides is 1. The van der Waals surface area contributed by atoms with E-state index in [4.69, 9.17) is 15.3 Å². The van der Waals surface area contributed by atoms with Crippen LogP contribution in [-0.4, -0.2) is 67.3 Å². The van der Waals surface area contributed by atoms with E-state index in [0.717, 1.165) is 0 Å². The van der Waals surface area contributed by atoms with Crippen LogP contribution >= 0.6 is 0 Å². The highest BCUT2D eigenvalue weighted by Gasteiger charge is 2.33. The molecule has 160 valence electrons. The molecule has 2 rings (SSSR count). The number of nitrogens with zero attached hydrogens (tertiary/aromatic N) is 5.